The Morgan fingerprint density at radius 2 is 1.47 bits per heavy atom. The van der Waals surface area contributed by atoms with E-state index in [0.717, 1.165) is 10.5 Å². The first-order chi connectivity index (χ1) is 16.2. The molecule has 0 unspecified atom stereocenters. The van der Waals surface area contributed by atoms with E-state index in [2.05, 4.69) is 0 Å². The van der Waals surface area contributed by atoms with Gasteiger partial charge in [-0.25, -0.2) is 9.69 Å². The minimum Gasteiger partial charge on any atom is -0.451 e. The number of ether oxygens (including phenoxy) is 1. The van der Waals surface area contributed by atoms with Crippen molar-refractivity contribution in [1.29, 1.82) is 0 Å². The zero-order valence-electron chi connectivity index (χ0n) is 18.2. The second-order valence-corrected chi connectivity index (χ2v) is 7.76. The van der Waals surface area contributed by atoms with E-state index in [0.29, 0.717) is 5.56 Å². The maximum Gasteiger partial charge on any atom is 0.338 e. The van der Waals surface area contributed by atoms with E-state index in [4.69, 9.17) is 4.74 Å². The molecule has 0 radical (unpaired) electrons. The second-order valence-electron chi connectivity index (χ2n) is 7.76. The topological polar surface area (TPSA) is 124 Å². The van der Waals surface area contributed by atoms with Crippen LogP contribution in [0.4, 0.5) is 11.4 Å². The molecule has 0 aliphatic carbocycles. The van der Waals surface area contributed by atoms with Crippen molar-refractivity contribution in [3.63, 3.8) is 0 Å². The molecule has 3 aromatic rings. The van der Waals surface area contributed by atoms with Gasteiger partial charge in [-0.1, -0.05) is 29.8 Å². The Balaban J connectivity index is 1.53. The number of carbonyl (C=O) groups excluding carboxylic acids is 4. The van der Waals surface area contributed by atoms with Gasteiger partial charge in [0, 0.05) is 17.7 Å². The van der Waals surface area contributed by atoms with Gasteiger partial charge >= 0.3 is 5.97 Å². The number of ketones is 1. The molecule has 9 nitrogen and oxygen atoms in total. The van der Waals surface area contributed by atoms with E-state index in [1.165, 1.54) is 49.4 Å². The average Bonchev–Trinajstić information content (AvgIpc) is 3.08. The molecule has 1 atom stereocenters. The highest BCUT2D eigenvalue weighted by molar-refractivity contribution is 6.34. The van der Waals surface area contributed by atoms with E-state index in [1.54, 1.807) is 24.3 Å². The van der Waals surface area contributed by atoms with E-state index in [-0.39, 0.29) is 33.8 Å². The molecule has 1 heterocycles. The SMILES string of the molecule is Cc1ccc(C(=O)[C@H](C)OC(=O)c2ccc3c(c2)C(=O)N(c2ccc([N+](=O)[O-])cc2)C3=O)cc1. The summed E-state index contributed by atoms with van der Waals surface area (Å²) < 4.78 is 5.29. The lowest BCUT2D eigenvalue weighted by Gasteiger charge is -2.13. The molecule has 3 aromatic carbocycles. The van der Waals surface area contributed by atoms with Crippen LogP contribution in [0.3, 0.4) is 0 Å². The van der Waals surface area contributed by atoms with Crippen molar-refractivity contribution in [2.75, 3.05) is 4.90 Å². The van der Waals surface area contributed by atoms with Crippen LogP contribution in [-0.4, -0.2) is 34.6 Å². The first kappa shape index (κ1) is 22.5. The highest BCUT2D eigenvalue weighted by Gasteiger charge is 2.37. The Bertz CT molecular complexity index is 1340. The zero-order valence-corrected chi connectivity index (χ0v) is 18.2. The van der Waals surface area contributed by atoms with Crippen LogP contribution in [0.5, 0.6) is 0 Å². The third-order valence-corrected chi connectivity index (χ3v) is 5.43. The summed E-state index contributed by atoms with van der Waals surface area (Å²) in [7, 11) is 0. The van der Waals surface area contributed by atoms with Crippen molar-refractivity contribution in [2.24, 2.45) is 0 Å². The maximum absolute atomic E-state index is 12.9. The van der Waals surface area contributed by atoms with Crippen LogP contribution in [0, 0.1) is 17.0 Å². The maximum atomic E-state index is 12.9. The Morgan fingerprint density at radius 3 is 2.09 bits per heavy atom. The van der Waals surface area contributed by atoms with Gasteiger partial charge in [-0.3, -0.25) is 24.5 Å². The molecular weight excluding hydrogens is 440 g/mol. The molecular formula is C25H18N2O7. The zero-order chi connectivity index (χ0) is 24.6. The number of aryl methyl sites for hydroxylation is 1. The van der Waals surface area contributed by atoms with E-state index in [1.807, 2.05) is 6.92 Å². The van der Waals surface area contributed by atoms with Gasteiger partial charge < -0.3 is 4.74 Å². The lowest BCUT2D eigenvalue weighted by atomic mass is 10.0. The highest BCUT2D eigenvalue weighted by atomic mass is 16.6. The number of anilines is 1. The number of rotatable bonds is 6. The lowest BCUT2D eigenvalue weighted by molar-refractivity contribution is -0.384. The monoisotopic (exact) mass is 458 g/mol. The number of hydrogen-bond donors (Lipinski definition) is 0. The standard InChI is InChI=1S/C25H18N2O7/c1-14-3-5-16(6-4-14)22(28)15(2)34-25(31)17-7-12-20-21(13-17)24(30)26(23(20)29)18-8-10-19(11-9-18)27(32)33/h3-13,15H,1-2H3/t15-/m0/s1. The summed E-state index contributed by atoms with van der Waals surface area (Å²) in [5.41, 5.74) is 1.46. The normalized spacial score (nSPS) is 13.4. The fourth-order valence-corrected chi connectivity index (χ4v) is 3.56. The molecule has 0 fully saturated rings. The number of Topliss-reactive ketones (excluding diaryl/α,β-unsaturated/α-hetero) is 1. The molecule has 34 heavy (non-hydrogen) atoms. The number of nitro groups is 1. The molecule has 4 rings (SSSR count). The smallest absolute Gasteiger partial charge is 0.338 e. The summed E-state index contributed by atoms with van der Waals surface area (Å²) in [6, 6.07) is 15.8. The van der Waals surface area contributed by atoms with Gasteiger partial charge in [-0.05, 0) is 44.2 Å². The van der Waals surface area contributed by atoms with Gasteiger partial charge in [0.2, 0.25) is 5.78 Å². The van der Waals surface area contributed by atoms with Crippen molar-refractivity contribution in [1.82, 2.24) is 0 Å². The van der Waals surface area contributed by atoms with Crippen LogP contribution in [0.2, 0.25) is 0 Å². The summed E-state index contributed by atoms with van der Waals surface area (Å²) >= 11 is 0. The largest absolute Gasteiger partial charge is 0.451 e. The highest BCUT2D eigenvalue weighted by Crippen LogP contribution is 2.30. The summed E-state index contributed by atoms with van der Waals surface area (Å²) in [6.45, 7) is 3.35. The van der Waals surface area contributed by atoms with Crippen molar-refractivity contribution < 1.29 is 28.8 Å². The number of imide groups is 1. The summed E-state index contributed by atoms with van der Waals surface area (Å²) in [4.78, 5) is 62.0. The molecule has 2 amide bonds. The van der Waals surface area contributed by atoms with Gasteiger partial charge in [0.1, 0.15) is 0 Å². The van der Waals surface area contributed by atoms with Crippen molar-refractivity contribution in [3.05, 3.63) is 105 Å². The number of carbonyl (C=O) groups is 4. The number of esters is 1. The van der Waals surface area contributed by atoms with Crippen LogP contribution < -0.4 is 4.90 Å². The number of non-ortho nitro benzene ring substituents is 1. The molecule has 0 bridgehead atoms. The molecule has 0 N–H and O–H groups in total. The first-order valence-electron chi connectivity index (χ1n) is 10.3. The third kappa shape index (κ3) is 4.06. The van der Waals surface area contributed by atoms with E-state index < -0.39 is 28.8 Å². The predicted octanol–water partition coefficient (Wildman–Crippen LogP) is 4.13. The van der Waals surface area contributed by atoms with Crippen LogP contribution >= 0.6 is 0 Å². The van der Waals surface area contributed by atoms with Gasteiger partial charge in [0.15, 0.2) is 6.10 Å². The number of amides is 2. The second kappa shape index (κ2) is 8.70. The van der Waals surface area contributed by atoms with Crippen molar-refractivity contribution in [2.45, 2.75) is 20.0 Å². The minimum absolute atomic E-state index is 0.00434. The molecule has 9 heteroatoms. The number of fused-ring (bicyclic) bond motifs is 1. The number of hydrogen-bond acceptors (Lipinski definition) is 7. The molecule has 0 saturated heterocycles. The van der Waals surface area contributed by atoms with Crippen LogP contribution in [0.25, 0.3) is 0 Å². The number of benzene rings is 3. The fraction of sp³-hybridized carbons (Fsp3) is 0.120. The quantitative estimate of drug-likeness (QED) is 0.179. The van der Waals surface area contributed by atoms with E-state index in [9.17, 15) is 29.3 Å². The average molecular weight is 458 g/mol. The molecule has 1 aliphatic rings. The lowest BCUT2D eigenvalue weighted by Crippen LogP contribution is -2.29. The number of nitrogens with zero attached hydrogens (tertiary/aromatic N) is 2. The van der Waals surface area contributed by atoms with Gasteiger partial charge in [0.25, 0.3) is 17.5 Å². The fourth-order valence-electron chi connectivity index (χ4n) is 3.56. The van der Waals surface area contributed by atoms with Crippen molar-refractivity contribution in [3.8, 4) is 0 Å². The predicted molar refractivity (Wildman–Crippen MR) is 121 cm³/mol. The molecule has 0 spiro atoms. The molecule has 0 aromatic heterocycles. The summed E-state index contributed by atoms with van der Waals surface area (Å²) in [6.07, 6.45) is -1.06. The van der Waals surface area contributed by atoms with Crippen LogP contribution in [0.15, 0.2) is 66.7 Å². The Hall–Kier alpha value is -4.66. The Morgan fingerprint density at radius 1 is 0.882 bits per heavy atom. The molecule has 1 aliphatic heterocycles. The molecule has 170 valence electrons. The Kier molecular flexibility index (Phi) is 5.77. The van der Waals surface area contributed by atoms with Crippen LogP contribution in [0.1, 0.15) is 53.9 Å². The summed E-state index contributed by atoms with van der Waals surface area (Å²) in [5.74, 6) is -2.47. The van der Waals surface area contributed by atoms with Crippen molar-refractivity contribution >= 4 is 34.9 Å². The van der Waals surface area contributed by atoms with E-state index >= 15 is 0 Å². The number of nitro benzene ring substituents is 1. The Labute approximate surface area is 193 Å². The van der Waals surface area contributed by atoms with Gasteiger partial charge in [-0.15, -0.1) is 0 Å². The molecule has 0 saturated carbocycles. The van der Waals surface area contributed by atoms with Crippen LogP contribution in [-0.2, 0) is 4.74 Å². The minimum atomic E-state index is -1.06. The third-order valence-electron chi connectivity index (χ3n) is 5.43. The van der Waals surface area contributed by atoms with Gasteiger partial charge in [-0.2, -0.15) is 0 Å². The first-order valence-corrected chi connectivity index (χ1v) is 10.3. The summed E-state index contributed by atoms with van der Waals surface area (Å²) in [5, 5.41) is 10.8. The van der Waals surface area contributed by atoms with Gasteiger partial charge in [0.05, 0.1) is 27.3 Å².